The number of nitrogens with two attached hydrogens (primary N) is 1. The van der Waals surface area contributed by atoms with Crippen LogP contribution in [0.5, 0.6) is 0 Å². The van der Waals surface area contributed by atoms with Gasteiger partial charge in [0.15, 0.2) is 0 Å². The predicted octanol–water partition coefficient (Wildman–Crippen LogP) is 5.49. The van der Waals surface area contributed by atoms with Crippen LogP contribution in [0.15, 0.2) is 0 Å². The Hall–Kier alpha value is -0.610. The number of hydrogen-bond donors (Lipinski definition) is 1. The second-order valence-electron chi connectivity index (χ2n) is 6.69. The topological polar surface area (TPSA) is 69.4 Å². The van der Waals surface area contributed by atoms with Gasteiger partial charge in [-0.05, 0) is 12.8 Å². The van der Waals surface area contributed by atoms with Crippen molar-refractivity contribution in [2.24, 2.45) is 5.73 Å². The van der Waals surface area contributed by atoms with Gasteiger partial charge in [-0.1, -0.05) is 90.9 Å². The Balaban J connectivity index is 3.26. The number of unbranched alkanes of at least 4 members (excludes halogenated alkanes) is 12. The van der Waals surface area contributed by atoms with Gasteiger partial charge >= 0.3 is 0 Å². The molecule has 0 saturated heterocycles. The minimum atomic E-state index is -0.676. The van der Waals surface area contributed by atoms with E-state index in [2.05, 4.69) is 6.92 Å². The van der Waals surface area contributed by atoms with Gasteiger partial charge in [0.25, 0.3) is 0 Å². The monoisotopic (exact) mass is 327 g/mol. The minimum Gasteiger partial charge on any atom is -0.755 e. The second kappa shape index (κ2) is 16.3. The molecule has 0 aliphatic carbocycles. The van der Waals surface area contributed by atoms with Gasteiger partial charge in [0, 0.05) is 6.42 Å². The van der Waals surface area contributed by atoms with Crippen molar-refractivity contribution < 1.29 is 4.79 Å². The maximum atomic E-state index is 11.6. The van der Waals surface area contributed by atoms with Crippen LogP contribution in [0.25, 0.3) is 0 Å². The van der Waals surface area contributed by atoms with Crippen LogP contribution in [-0.2, 0) is 4.79 Å². The molecule has 1 amide bonds. The number of hydrogen-bond acceptors (Lipinski definition) is 3. The summed E-state index contributed by atoms with van der Waals surface area (Å²) in [6.45, 7) is 4.07. The third-order valence-corrected chi connectivity index (χ3v) is 4.46. The molecule has 138 valence electrons. The maximum absolute atomic E-state index is 11.6. The van der Waals surface area contributed by atoms with Crippen LogP contribution < -0.4 is 5.73 Å². The lowest BCUT2D eigenvalue weighted by atomic mass is 10.0. The molecule has 0 heterocycles. The van der Waals surface area contributed by atoms with Crippen LogP contribution in [0, 0.1) is 5.21 Å². The van der Waals surface area contributed by atoms with Gasteiger partial charge < -0.3 is 16.0 Å². The van der Waals surface area contributed by atoms with Gasteiger partial charge in [-0.2, -0.15) is 0 Å². The fraction of sp³-hybridized carbons (Fsp3) is 0.947. The molecule has 0 saturated carbocycles. The Bertz CT molecular complexity index is 272. The van der Waals surface area contributed by atoms with Gasteiger partial charge in [0.1, 0.15) is 0 Å². The number of rotatable bonds is 16. The van der Waals surface area contributed by atoms with Crippen LogP contribution in [-0.4, -0.2) is 17.1 Å². The fourth-order valence-electron chi connectivity index (χ4n) is 2.75. The number of carbonyl (C=O) groups excluding carboxylic acids is 1. The van der Waals surface area contributed by atoms with E-state index in [9.17, 15) is 10.0 Å². The zero-order valence-corrected chi connectivity index (χ0v) is 15.5. The maximum Gasteiger partial charge on any atom is 0.213 e. The normalized spacial score (nSPS) is 12.3. The van der Waals surface area contributed by atoms with Crippen LogP contribution in [0.4, 0.5) is 0 Å². The van der Waals surface area contributed by atoms with E-state index >= 15 is 0 Å². The molecule has 0 aliphatic heterocycles. The molecule has 1 unspecified atom stereocenters. The zero-order chi connectivity index (χ0) is 17.3. The lowest BCUT2D eigenvalue weighted by molar-refractivity contribution is -0.130. The highest BCUT2D eigenvalue weighted by atomic mass is 16.5. The van der Waals surface area contributed by atoms with Gasteiger partial charge in [-0.15, -0.1) is 0 Å². The quantitative estimate of drug-likeness (QED) is 0.231. The van der Waals surface area contributed by atoms with Gasteiger partial charge in [0.05, 0.1) is 6.17 Å². The van der Waals surface area contributed by atoms with Crippen molar-refractivity contribution in [1.29, 1.82) is 0 Å². The van der Waals surface area contributed by atoms with E-state index in [4.69, 9.17) is 5.73 Å². The molecule has 4 nitrogen and oxygen atoms in total. The SMILES string of the molecule is CCCCCCCCCCCCCCCC(=O)N([O-])C(N)CC. The Kier molecular flexibility index (Phi) is 15.8. The summed E-state index contributed by atoms with van der Waals surface area (Å²) in [5.41, 5.74) is 5.55. The molecule has 2 N–H and O–H groups in total. The summed E-state index contributed by atoms with van der Waals surface area (Å²) in [6.07, 6.45) is 16.7. The average molecular weight is 328 g/mol. The molecule has 0 rings (SSSR count). The van der Waals surface area contributed by atoms with Gasteiger partial charge in [-0.25, -0.2) is 0 Å². The Morgan fingerprint density at radius 3 is 1.61 bits per heavy atom. The summed E-state index contributed by atoms with van der Waals surface area (Å²) in [4.78, 5) is 11.6. The average Bonchev–Trinajstić information content (AvgIpc) is 2.57. The first kappa shape index (κ1) is 22.4. The molecule has 23 heavy (non-hydrogen) atoms. The molecule has 4 heteroatoms. The van der Waals surface area contributed by atoms with E-state index in [1.54, 1.807) is 0 Å². The van der Waals surface area contributed by atoms with Crippen LogP contribution in [0.2, 0.25) is 0 Å². The Morgan fingerprint density at radius 2 is 1.22 bits per heavy atom. The highest BCUT2D eigenvalue weighted by Gasteiger charge is 2.08. The largest absolute Gasteiger partial charge is 0.755 e. The predicted molar refractivity (Wildman–Crippen MR) is 98.8 cm³/mol. The molecular weight excluding hydrogens is 288 g/mol. The van der Waals surface area contributed by atoms with E-state index in [1.807, 2.05) is 6.92 Å². The molecule has 0 aromatic rings. The molecule has 0 aliphatic rings. The summed E-state index contributed by atoms with van der Waals surface area (Å²) in [6, 6.07) is 0. The lowest BCUT2D eigenvalue weighted by Gasteiger charge is -2.33. The van der Waals surface area contributed by atoms with Crippen LogP contribution >= 0.6 is 0 Å². The van der Waals surface area contributed by atoms with Crippen LogP contribution in [0.1, 0.15) is 110 Å². The minimum absolute atomic E-state index is 0.342. The number of hydroxylamine groups is 2. The first-order valence-electron chi connectivity index (χ1n) is 9.88. The zero-order valence-electron chi connectivity index (χ0n) is 15.5. The molecule has 0 fully saturated rings. The summed E-state index contributed by atoms with van der Waals surface area (Å²) in [5, 5.41) is 11.9. The second-order valence-corrected chi connectivity index (χ2v) is 6.69. The molecule has 0 spiro atoms. The van der Waals surface area contributed by atoms with Crippen molar-refractivity contribution in [3.63, 3.8) is 0 Å². The van der Waals surface area contributed by atoms with Gasteiger partial charge in [0.2, 0.25) is 5.91 Å². The van der Waals surface area contributed by atoms with Crippen molar-refractivity contribution in [2.75, 3.05) is 0 Å². The number of carbonyl (C=O) groups is 1. The van der Waals surface area contributed by atoms with Crippen LogP contribution in [0.3, 0.4) is 0 Å². The van der Waals surface area contributed by atoms with Crippen molar-refractivity contribution in [3.05, 3.63) is 5.21 Å². The van der Waals surface area contributed by atoms with E-state index in [0.29, 0.717) is 17.9 Å². The van der Waals surface area contributed by atoms with Crippen molar-refractivity contribution in [2.45, 2.75) is 116 Å². The first-order chi connectivity index (χ1) is 11.1. The van der Waals surface area contributed by atoms with Crippen molar-refractivity contribution >= 4 is 5.91 Å². The fourth-order valence-corrected chi connectivity index (χ4v) is 2.75. The standard InChI is InChI=1S/C19H39N2O2/c1-3-5-6-7-8-9-10-11-12-13-14-15-16-17-19(22)21(23)18(20)4-2/h18H,3-17,20H2,1-2H3/q-1. The number of nitrogens with zero attached hydrogens (tertiary/aromatic N) is 1. The Labute approximate surface area is 143 Å². The number of amides is 1. The van der Waals surface area contributed by atoms with Crippen molar-refractivity contribution in [1.82, 2.24) is 5.06 Å². The summed E-state index contributed by atoms with van der Waals surface area (Å²) < 4.78 is 0. The third-order valence-electron chi connectivity index (χ3n) is 4.46. The molecule has 0 aromatic carbocycles. The van der Waals surface area contributed by atoms with Gasteiger partial charge in [-0.3, -0.25) is 4.79 Å². The van der Waals surface area contributed by atoms with E-state index in [1.165, 1.54) is 70.6 Å². The third kappa shape index (κ3) is 13.5. The summed E-state index contributed by atoms with van der Waals surface area (Å²) >= 11 is 0. The molecule has 1 atom stereocenters. The molecule has 0 aromatic heterocycles. The molecule has 0 bridgehead atoms. The summed E-state index contributed by atoms with van der Waals surface area (Å²) in [7, 11) is 0. The smallest absolute Gasteiger partial charge is 0.213 e. The van der Waals surface area contributed by atoms with E-state index < -0.39 is 6.17 Å². The van der Waals surface area contributed by atoms with E-state index in [-0.39, 0.29) is 5.91 Å². The first-order valence-corrected chi connectivity index (χ1v) is 9.88. The molecule has 0 radical (unpaired) electrons. The van der Waals surface area contributed by atoms with Crippen molar-refractivity contribution in [3.8, 4) is 0 Å². The van der Waals surface area contributed by atoms with E-state index in [0.717, 1.165) is 12.8 Å². The molecular formula is C19H39N2O2-. The Morgan fingerprint density at radius 1 is 0.826 bits per heavy atom. The highest BCUT2D eigenvalue weighted by Crippen LogP contribution is 2.13. The lowest BCUT2D eigenvalue weighted by Crippen LogP contribution is -2.41. The highest BCUT2D eigenvalue weighted by molar-refractivity contribution is 5.76. The summed E-state index contributed by atoms with van der Waals surface area (Å²) in [5.74, 6) is -0.359.